The quantitative estimate of drug-likeness (QED) is 0.151. The van der Waals surface area contributed by atoms with E-state index in [1.165, 1.54) is 150 Å². The monoisotopic (exact) mass is 914 g/mol. The maximum atomic E-state index is 2.81. The van der Waals surface area contributed by atoms with Crippen LogP contribution in [0.2, 0.25) is 0 Å². The topological polar surface area (TPSA) is 6.48 Å². The fraction of sp³-hybridized carbons (Fsp3) is 0.182. The van der Waals surface area contributed by atoms with Gasteiger partial charge in [-0.2, -0.15) is 0 Å². The molecule has 2 nitrogen and oxygen atoms in total. The summed E-state index contributed by atoms with van der Waals surface area (Å²) in [7, 11) is 0. The second-order valence-corrected chi connectivity index (χ2v) is 24.0. The molecule has 4 heteroatoms. The second kappa shape index (κ2) is 13.0. The normalized spacial score (nSPS) is 17.8. The van der Waals surface area contributed by atoms with E-state index in [4.69, 9.17) is 0 Å². The molecule has 0 unspecified atom stereocenters. The third kappa shape index (κ3) is 4.55. The summed E-state index contributed by atoms with van der Waals surface area (Å²) in [6.07, 6.45) is 2.35. The standard InChI is InChI=1S/C66H51BN2S/c1-63(2)34-35-64(3,4)51-36-38(30-31-47(51)63)69-54-33-32-49-57(42-21-9-11-22-44(42)65(49,5)6)58(54)59-60-55(37-43-41-20-10-16-29-56(41)70-62(43)59)68-53-28-15-14-25-48(53)66(50-26-17-27-52(61(50)68)67(60)69)45-23-12-7-18-39(45)40-19-8-13-24-46(40)66/h7-33,36-37H,34-35H2,1-6H3. The van der Waals surface area contributed by atoms with Crippen molar-refractivity contribution in [1.82, 2.24) is 0 Å². The maximum absolute atomic E-state index is 2.81. The SMILES string of the molecule is CC1(C)CCC(C)(C)c2cc(N3B4c5cccc6c5N(c5ccccc5C65c6ccccc6-c6ccccc65)c5cc6c(sc7ccccc76)c(c54)-c4c3ccc3c4-c4ccccc4C3(C)C)ccc21. The van der Waals surface area contributed by atoms with Crippen molar-refractivity contribution in [3.8, 4) is 33.4 Å². The van der Waals surface area contributed by atoms with Gasteiger partial charge in [0.2, 0.25) is 0 Å². The van der Waals surface area contributed by atoms with E-state index in [1.54, 1.807) is 0 Å². The van der Waals surface area contributed by atoms with Gasteiger partial charge >= 0.3 is 6.85 Å². The number of anilines is 5. The molecule has 0 amide bonds. The number of rotatable bonds is 1. The molecule has 3 aliphatic carbocycles. The van der Waals surface area contributed by atoms with Crippen LogP contribution in [0.25, 0.3) is 53.6 Å². The zero-order chi connectivity index (χ0) is 46.8. The van der Waals surface area contributed by atoms with Gasteiger partial charge in [0.1, 0.15) is 0 Å². The third-order valence-corrected chi connectivity index (χ3v) is 19.5. The Morgan fingerprint density at radius 3 is 1.84 bits per heavy atom. The van der Waals surface area contributed by atoms with E-state index in [2.05, 4.69) is 227 Å². The van der Waals surface area contributed by atoms with Crippen molar-refractivity contribution in [1.29, 1.82) is 0 Å². The molecule has 0 saturated heterocycles. The Morgan fingerprint density at radius 2 is 1.07 bits per heavy atom. The van der Waals surface area contributed by atoms with Crippen LogP contribution in [-0.2, 0) is 21.7 Å². The number of para-hydroxylation sites is 2. The summed E-state index contributed by atoms with van der Waals surface area (Å²) >= 11 is 1.98. The number of thiophene rings is 1. The first-order chi connectivity index (χ1) is 34.0. The van der Waals surface area contributed by atoms with Crippen LogP contribution in [0.5, 0.6) is 0 Å². The van der Waals surface area contributed by atoms with Crippen LogP contribution < -0.4 is 20.6 Å². The summed E-state index contributed by atoms with van der Waals surface area (Å²) in [6.45, 7) is 14.6. The molecular formula is C66H51BN2S. The van der Waals surface area contributed by atoms with Gasteiger partial charge in [0.05, 0.1) is 11.1 Å². The summed E-state index contributed by atoms with van der Waals surface area (Å²) in [4.78, 5) is 5.53. The Balaban J connectivity index is 1.10. The van der Waals surface area contributed by atoms with E-state index in [9.17, 15) is 0 Å². The summed E-state index contributed by atoms with van der Waals surface area (Å²) in [5.41, 5.74) is 28.1. The van der Waals surface area contributed by atoms with Gasteiger partial charge in [-0.05, 0) is 138 Å². The molecule has 334 valence electrons. The number of nitrogens with zero attached hydrogens (tertiary/aromatic N) is 2. The Labute approximate surface area is 415 Å². The van der Waals surface area contributed by atoms with Crippen molar-refractivity contribution in [2.45, 2.75) is 76.0 Å². The van der Waals surface area contributed by atoms with Crippen LogP contribution in [0.4, 0.5) is 28.4 Å². The second-order valence-electron chi connectivity index (χ2n) is 22.9. The molecule has 4 heterocycles. The number of benzene rings is 9. The van der Waals surface area contributed by atoms with Crippen molar-refractivity contribution in [3.63, 3.8) is 0 Å². The maximum Gasteiger partial charge on any atom is 0.333 e. The fourth-order valence-corrected chi connectivity index (χ4v) is 16.3. The molecular weight excluding hydrogens is 864 g/mol. The first-order valence-corrected chi connectivity index (χ1v) is 26.2. The van der Waals surface area contributed by atoms with E-state index >= 15 is 0 Å². The Hall–Kier alpha value is -7.14. The van der Waals surface area contributed by atoms with Crippen molar-refractivity contribution in [2.75, 3.05) is 9.71 Å². The lowest BCUT2D eigenvalue weighted by molar-refractivity contribution is 0.332. The van der Waals surface area contributed by atoms with E-state index in [0.717, 1.165) is 0 Å². The molecule has 0 atom stereocenters. The van der Waals surface area contributed by atoms with Crippen LogP contribution in [0, 0.1) is 0 Å². The van der Waals surface area contributed by atoms with Crippen LogP contribution in [-0.4, -0.2) is 6.85 Å². The smallest absolute Gasteiger partial charge is 0.333 e. The number of hydrogen-bond acceptors (Lipinski definition) is 3. The van der Waals surface area contributed by atoms with Gasteiger partial charge in [0.15, 0.2) is 0 Å². The van der Waals surface area contributed by atoms with Gasteiger partial charge in [-0.3, -0.25) is 0 Å². The van der Waals surface area contributed by atoms with Crippen molar-refractivity contribution in [3.05, 3.63) is 220 Å². The minimum atomic E-state index is -0.514. The molecule has 9 aromatic carbocycles. The van der Waals surface area contributed by atoms with Crippen molar-refractivity contribution >= 4 is 77.7 Å². The van der Waals surface area contributed by atoms with Gasteiger partial charge in [-0.25, -0.2) is 0 Å². The zero-order valence-corrected chi connectivity index (χ0v) is 41.4. The molecule has 3 aliphatic heterocycles. The van der Waals surface area contributed by atoms with Gasteiger partial charge < -0.3 is 9.71 Å². The average Bonchev–Trinajstić information content (AvgIpc) is 3.98. The van der Waals surface area contributed by atoms with Gasteiger partial charge in [0.25, 0.3) is 0 Å². The number of fused-ring (bicyclic) bond motifs is 22. The molecule has 6 aliphatic rings. The zero-order valence-electron chi connectivity index (χ0n) is 40.5. The molecule has 10 aromatic rings. The van der Waals surface area contributed by atoms with Gasteiger partial charge in [0, 0.05) is 59.5 Å². The van der Waals surface area contributed by atoms with Crippen LogP contribution in [0.15, 0.2) is 176 Å². The predicted molar refractivity (Wildman–Crippen MR) is 297 cm³/mol. The molecule has 16 rings (SSSR count). The number of hydrogen-bond donors (Lipinski definition) is 0. The Kier molecular flexibility index (Phi) is 7.36. The van der Waals surface area contributed by atoms with Crippen LogP contribution >= 0.6 is 11.3 Å². The minimum absolute atomic E-state index is 0.0430. The van der Waals surface area contributed by atoms with E-state index < -0.39 is 5.41 Å². The molecule has 1 spiro atoms. The lowest BCUT2D eigenvalue weighted by atomic mass is 9.42. The predicted octanol–water partition coefficient (Wildman–Crippen LogP) is 16.1. The molecule has 0 bridgehead atoms. The molecule has 0 N–H and O–H groups in total. The van der Waals surface area contributed by atoms with Gasteiger partial charge in [-0.1, -0.05) is 181 Å². The summed E-state index contributed by atoms with van der Waals surface area (Å²) in [5, 5.41) is 2.66. The van der Waals surface area contributed by atoms with E-state index in [0.29, 0.717) is 0 Å². The lowest BCUT2D eigenvalue weighted by Crippen LogP contribution is -2.62. The van der Waals surface area contributed by atoms with E-state index in [1.807, 2.05) is 11.3 Å². The highest BCUT2D eigenvalue weighted by atomic mass is 32.1. The Morgan fingerprint density at radius 1 is 0.443 bits per heavy atom. The highest BCUT2D eigenvalue weighted by Crippen LogP contribution is 2.66. The van der Waals surface area contributed by atoms with Crippen molar-refractivity contribution in [2.24, 2.45) is 0 Å². The largest absolute Gasteiger partial charge is 0.376 e. The lowest BCUT2D eigenvalue weighted by Gasteiger charge is -2.52. The summed E-state index contributed by atoms with van der Waals surface area (Å²) in [5.74, 6) is 0. The molecule has 1 aromatic heterocycles. The molecule has 70 heavy (non-hydrogen) atoms. The highest BCUT2D eigenvalue weighted by molar-refractivity contribution is 7.26. The van der Waals surface area contributed by atoms with E-state index in [-0.39, 0.29) is 23.1 Å². The molecule has 0 fully saturated rings. The molecule has 0 saturated carbocycles. The van der Waals surface area contributed by atoms with Crippen LogP contribution in [0.1, 0.15) is 98.9 Å². The first kappa shape index (κ1) is 39.7. The summed E-state index contributed by atoms with van der Waals surface area (Å²) < 4.78 is 2.72. The van der Waals surface area contributed by atoms with Crippen molar-refractivity contribution < 1.29 is 0 Å². The summed E-state index contributed by atoms with van der Waals surface area (Å²) in [6, 6.07) is 68.9. The third-order valence-electron chi connectivity index (χ3n) is 18.3. The Bertz CT molecular complexity index is 3990. The first-order valence-electron chi connectivity index (χ1n) is 25.4. The minimum Gasteiger partial charge on any atom is -0.376 e. The van der Waals surface area contributed by atoms with Gasteiger partial charge in [-0.15, -0.1) is 11.3 Å². The highest BCUT2D eigenvalue weighted by Gasteiger charge is 2.57. The average molecular weight is 915 g/mol. The molecule has 0 radical (unpaired) electrons. The van der Waals surface area contributed by atoms with Crippen LogP contribution in [0.3, 0.4) is 0 Å². The fourth-order valence-electron chi connectivity index (χ4n) is 15.0.